The Kier molecular flexibility index (Phi) is 4.35. The molecule has 0 saturated carbocycles. The minimum Gasteiger partial charge on any atom is -0.388 e. The summed E-state index contributed by atoms with van der Waals surface area (Å²) in [7, 11) is -1.86. The molecule has 2 aromatic rings. The molecule has 0 aliphatic carbocycles. The minimum absolute atomic E-state index is 0.0593. The van der Waals surface area contributed by atoms with Crippen LogP contribution in [0.1, 0.15) is 17.0 Å². The number of rotatable bonds is 5. The summed E-state index contributed by atoms with van der Waals surface area (Å²) < 4.78 is 28.5. The Bertz CT molecular complexity index is 765. The van der Waals surface area contributed by atoms with E-state index in [9.17, 15) is 8.42 Å². The number of pyridine rings is 1. The lowest BCUT2D eigenvalue weighted by Gasteiger charge is -2.06. The molecule has 3 N–H and O–H groups in total. The summed E-state index contributed by atoms with van der Waals surface area (Å²) in [4.78, 5) is 4.10. The van der Waals surface area contributed by atoms with Gasteiger partial charge in [-0.05, 0) is 19.1 Å². The number of aryl methyl sites for hydroxylation is 2. The van der Waals surface area contributed by atoms with Crippen LogP contribution in [0, 0.1) is 6.92 Å². The number of sulfonamides is 1. The zero-order valence-electron chi connectivity index (χ0n) is 11.6. The Morgan fingerprint density at radius 1 is 1.48 bits per heavy atom. The van der Waals surface area contributed by atoms with Crippen LogP contribution in [-0.2, 0) is 23.6 Å². The van der Waals surface area contributed by atoms with Gasteiger partial charge in [0.2, 0.25) is 10.0 Å². The average molecular weight is 325 g/mol. The zero-order valence-corrected chi connectivity index (χ0v) is 13.2. The molecule has 21 heavy (non-hydrogen) atoms. The summed E-state index contributed by atoms with van der Waals surface area (Å²) in [6.07, 6.45) is 3.00. The van der Waals surface area contributed by atoms with E-state index < -0.39 is 10.0 Å². The molecule has 0 aliphatic heterocycles. The van der Waals surface area contributed by atoms with E-state index in [0.717, 1.165) is 11.3 Å². The van der Waals surface area contributed by atoms with Crippen molar-refractivity contribution in [2.75, 3.05) is 0 Å². The molecule has 0 fully saturated rings. The van der Waals surface area contributed by atoms with Crippen LogP contribution in [0.2, 0.25) is 0 Å². The number of nitrogens with one attached hydrogen (secondary N) is 1. The van der Waals surface area contributed by atoms with Crippen molar-refractivity contribution < 1.29 is 8.42 Å². The highest BCUT2D eigenvalue weighted by molar-refractivity contribution is 7.89. The third kappa shape index (κ3) is 3.63. The molecular formula is C12H15N5O2S2. The molecule has 0 radical (unpaired) electrons. The van der Waals surface area contributed by atoms with Crippen LogP contribution in [0.25, 0.3) is 0 Å². The predicted octanol–water partition coefficient (Wildman–Crippen LogP) is 0.236. The summed E-state index contributed by atoms with van der Waals surface area (Å²) in [5.74, 6) is 0. The van der Waals surface area contributed by atoms with Crippen LogP contribution in [0.15, 0.2) is 29.4 Å². The lowest BCUT2D eigenvalue weighted by Crippen LogP contribution is -2.24. The van der Waals surface area contributed by atoms with Gasteiger partial charge in [0.1, 0.15) is 9.88 Å². The number of nitrogens with zero attached hydrogens (tertiary/aromatic N) is 3. The lowest BCUT2D eigenvalue weighted by atomic mass is 10.3. The van der Waals surface area contributed by atoms with E-state index >= 15 is 0 Å². The van der Waals surface area contributed by atoms with Gasteiger partial charge in [-0.15, -0.1) is 0 Å². The molecule has 0 bridgehead atoms. The molecular weight excluding hydrogens is 310 g/mol. The van der Waals surface area contributed by atoms with Gasteiger partial charge in [0, 0.05) is 31.5 Å². The fraction of sp³-hybridized carbons (Fsp3) is 0.250. The smallest absolute Gasteiger partial charge is 0.242 e. The first kappa shape index (κ1) is 15.5. The van der Waals surface area contributed by atoms with Crippen LogP contribution in [-0.4, -0.2) is 28.2 Å². The Hall–Kier alpha value is -1.84. The second-order valence-electron chi connectivity index (χ2n) is 4.48. The number of nitrogens with two attached hydrogens (primary N) is 1. The highest BCUT2D eigenvalue weighted by Crippen LogP contribution is 2.10. The number of hydrogen-bond acceptors (Lipinski definition) is 5. The standard InChI is InChI=1S/C12H15N5O2S2/c1-8-9(7-17(2)16-8)5-15-21(18,19)10-3-4-11(12(13)20)14-6-10/h3-4,6-7,15H,5H2,1-2H3,(H2,13,20). The quantitative estimate of drug-likeness (QED) is 0.763. The fourth-order valence-electron chi connectivity index (χ4n) is 1.76. The van der Waals surface area contributed by atoms with E-state index in [1.807, 2.05) is 6.92 Å². The maximum atomic E-state index is 12.2. The van der Waals surface area contributed by atoms with Crippen molar-refractivity contribution in [2.45, 2.75) is 18.4 Å². The van der Waals surface area contributed by atoms with E-state index in [2.05, 4.69) is 14.8 Å². The van der Waals surface area contributed by atoms with Crippen molar-refractivity contribution in [1.29, 1.82) is 0 Å². The molecule has 0 saturated heterocycles. The van der Waals surface area contributed by atoms with Crippen LogP contribution in [0.4, 0.5) is 0 Å². The zero-order chi connectivity index (χ0) is 15.6. The molecule has 0 aliphatic rings. The Morgan fingerprint density at radius 2 is 2.19 bits per heavy atom. The van der Waals surface area contributed by atoms with Crippen LogP contribution in [0.5, 0.6) is 0 Å². The fourth-order valence-corrected chi connectivity index (χ4v) is 2.83. The summed E-state index contributed by atoms with van der Waals surface area (Å²) in [6.45, 7) is 1.99. The van der Waals surface area contributed by atoms with Gasteiger partial charge in [0.05, 0.1) is 11.4 Å². The molecule has 112 valence electrons. The molecule has 0 atom stereocenters. The van der Waals surface area contributed by atoms with Gasteiger partial charge in [-0.25, -0.2) is 13.1 Å². The normalized spacial score (nSPS) is 11.5. The Morgan fingerprint density at radius 3 is 2.67 bits per heavy atom. The van der Waals surface area contributed by atoms with Gasteiger partial charge >= 0.3 is 0 Å². The SMILES string of the molecule is Cc1nn(C)cc1CNS(=O)(=O)c1ccc(C(N)=S)nc1. The highest BCUT2D eigenvalue weighted by atomic mass is 32.2. The minimum atomic E-state index is -3.64. The molecule has 2 rings (SSSR count). The third-order valence-electron chi connectivity index (χ3n) is 2.87. The highest BCUT2D eigenvalue weighted by Gasteiger charge is 2.15. The van der Waals surface area contributed by atoms with Crippen molar-refractivity contribution in [1.82, 2.24) is 19.5 Å². The van der Waals surface area contributed by atoms with Crippen molar-refractivity contribution in [3.63, 3.8) is 0 Å². The van der Waals surface area contributed by atoms with Crippen LogP contribution >= 0.6 is 12.2 Å². The molecule has 2 aromatic heterocycles. The lowest BCUT2D eigenvalue weighted by molar-refractivity contribution is 0.580. The number of hydrogen-bond donors (Lipinski definition) is 2. The Labute approximate surface area is 128 Å². The first-order valence-electron chi connectivity index (χ1n) is 6.04. The predicted molar refractivity (Wildman–Crippen MR) is 82.1 cm³/mol. The van der Waals surface area contributed by atoms with E-state index in [1.54, 1.807) is 17.9 Å². The monoisotopic (exact) mass is 325 g/mol. The van der Waals surface area contributed by atoms with Crippen LogP contribution < -0.4 is 10.5 Å². The second-order valence-corrected chi connectivity index (χ2v) is 6.69. The van der Waals surface area contributed by atoms with Gasteiger partial charge in [-0.3, -0.25) is 9.67 Å². The number of thiocarbonyl (C=S) groups is 1. The van der Waals surface area contributed by atoms with E-state index in [4.69, 9.17) is 18.0 Å². The van der Waals surface area contributed by atoms with Crippen molar-refractivity contribution in [3.05, 3.63) is 41.5 Å². The first-order chi connectivity index (χ1) is 9.79. The summed E-state index contributed by atoms with van der Waals surface area (Å²) in [6, 6.07) is 2.89. The molecule has 0 aromatic carbocycles. The first-order valence-corrected chi connectivity index (χ1v) is 7.93. The molecule has 0 spiro atoms. The molecule has 2 heterocycles. The molecule has 0 unspecified atom stereocenters. The summed E-state index contributed by atoms with van der Waals surface area (Å²) >= 11 is 4.77. The number of aromatic nitrogens is 3. The second kappa shape index (κ2) is 5.88. The third-order valence-corrected chi connectivity index (χ3v) is 4.46. The topological polar surface area (TPSA) is 103 Å². The van der Waals surface area contributed by atoms with Gasteiger partial charge in [0.25, 0.3) is 0 Å². The molecule has 0 amide bonds. The van der Waals surface area contributed by atoms with E-state index in [1.165, 1.54) is 18.3 Å². The summed E-state index contributed by atoms with van der Waals surface area (Å²) in [5, 5.41) is 4.16. The van der Waals surface area contributed by atoms with Crippen molar-refractivity contribution in [2.24, 2.45) is 12.8 Å². The maximum Gasteiger partial charge on any atom is 0.242 e. The van der Waals surface area contributed by atoms with Crippen molar-refractivity contribution in [3.8, 4) is 0 Å². The van der Waals surface area contributed by atoms with Gasteiger partial charge in [-0.1, -0.05) is 12.2 Å². The van der Waals surface area contributed by atoms with Crippen LogP contribution in [0.3, 0.4) is 0 Å². The summed E-state index contributed by atoms with van der Waals surface area (Å²) in [5.41, 5.74) is 7.40. The van der Waals surface area contributed by atoms with E-state index in [-0.39, 0.29) is 16.4 Å². The molecule has 9 heteroatoms. The largest absolute Gasteiger partial charge is 0.388 e. The van der Waals surface area contributed by atoms with Gasteiger partial charge in [0.15, 0.2) is 0 Å². The van der Waals surface area contributed by atoms with Crippen molar-refractivity contribution >= 4 is 27.2 Å². The molecule has 7 nitrogen and oxygen atoms in total. The van der Waals surface area contributed by atoms with E-state index in [0.29, 0.717) is 5.69 Å². The Balaban J connectivity index is 2.14. The average Bonchev–Trinajstić information content (AvgIpc) is 2.75. The van der Waals surface area contributed by atoms with Gasteiger partial charge in [-0.2, -0.15) is 5.10 Å². The van der Waals surface area contributed by atoms with Gasteiger partial charge < -0.3 is 5.73 Å². The maximum absolute atomic E-state index is 12.2.